The van der Waals surface area contributed by atoms with Crippen molar-refractivity contribution in [3.05, 3.63) is 63.7 Å². The molecular formula is C30H30ClF3N4O4. The first-order chi connectivity index (χ1) is 20.0. The summed E-state index contributed by atoms with van der Waals surface area (Å²) in [5, 5.41) is 12.4. The number of fused-ring (bicyclic) bond motifs is 1. The molecule has 0 saturated carbocycles. The Morgan fingerprint density at radius 2 is 1.88 bits per heavy atom. The van der Waals surface area contributed by atoms with Gasteiger partial charge in [-0.3, -0.25) is 19.7 Å². The van der Waals surface area contributed by atoms with E-state index in [4.69, 9.17) is 11.6 Å². The topological polar surface area (TPSA) is 103 Å². The van der Waals surface area contributed by atoms with Crippen molar-refractivity contribution in [2.75, 3.05) is 19.6 Å². The Morgan fingerprint density at radius 1 is 1.12 bits per heavy atom. The number of benzene rings is 2. The maximum absolute atomic E-state index is 13.1. The highest BCUT2D eigenvalue weighted by Gasteiger charge is 2.40. The summed E-state index contributed by atoms with van der Waals surface area (Å²) in [7, 11) is 0. The molecule has 3 aliphatic rings. The SMILES string of the molecule is N#CC1(c2ccc(OC(F)(F)F)cc2Cl)CCN(CCCCc2cccc3c2CN(C2CCC(=O)NC2=O)C3=O)CC1. The van der Waals surface area contributed by atoms with Gasteiger partial charge in [-0.1, -0.05) is 29.8 Å². The number of aryl methyl sites for hydroxylation is 1. The van der Waals surface area contributed by atoms with E-state index >= 15 is 0 Å². The van der Waals surface area contributed by atoms with Gasteiger partial charge in [0, 0.05) is 23.6 Å². The van der Waals surface area contributed by atoms with Crippen LogP contribution in [0.15, 0.2) is 36.4 Å². The molecule has 222 valence electrons. The van der Waals surface area contributed by atoms with Gasteiger partial charge in [0.25, 0.3) is 5.91 Å². The Balaban J connectivity index is 1.13. The van der Waals surface area contributed by atoms with Crippen LogP contribution in [0.5, 0.6) is 5.75 Å². The van der Waals surface area contributed by atoms with Crippen LogP contribution in [0.3, 0.4) is 0 Å². The predicted molar refractivity (Wildman–Crippen MR) is 147 cm³/mol. The molecule has 8 nitrogen and oxygen atoms in total. The van der Waals surface area contributed by atoms with Crippen LogP contribution >= 0.6 is 11.6 Å². The number of amides is 3. The zero-order valence-corrected chi connectivity index (χ0v) is 23.6. The van der Waals surface area contributed by atoms with Gasteiger partial charge in [0.2, 0.25) is 11.8 Å². The molecule has 2 aromatic rings. The Labute approximate surface area is 246 Å². The first-order valence-corrected chi connectivity index (χ1v) is 14.3. The summed E-state index contributed by atoms with van der Waals surface area (Å²) in [6.07, 6.45) is -0.707. The number of carbonyl (C=O) groups is 3. The number of halogens is 4. The fourth-order valence-corrected chi connectivity index (χ4v) is 6.57. The minimum Gasteiger partial charge on any atom is -0.406 e. The van der Waals surface area contributed by atoms with E-state index in [2.05, 4.69) is 21.0 Å². The largest absolute Gasteiger partial charge is 0.573 e. The van der Waals surface area contributed by atoms with Gasteiger partial charge in [0.15, 0.2) is 0 Å². The Bertz CT molecular complexity index is 1430. The second-order valence-electron chi connectivity index (χ2n) is 11.0. The molecular weight excluding hydrogens is 573 g/mol. The molecule has 1 N–H and O–H groups in total. The van der Waals surface area contributed by atoms with E-state index < -0.39 is 29.5 Å². The number of rotatable bonds is 8. The lowest BCUT2D eigenvalue weighted by Gasteiger charge is -2.38. The van der Waals surface area contributed by atoms with Crippen molar-refractivity contribution < 1.29 is 32.3 Å². The van der Waals surface area contributed by atoms with Crippen molar-refractivity contribution in [1.82, 2.24) is 15.1 Å². The number of nitrogens with zero attached hydrogens (tertiary/aromatic N) is 3. The summed E-state index contributed by atoms with van der Waals surface area (Å²) >= 11 is 6.30. The minimum absolute atomic E-state index is 0.0804. The quantitative estimate of drug-likeness (QED) is 0.341. The number of imide groups is 1. The molecule has 0 radical (unpaired) electrons. The van der Waals surface area contributed by atoms with Gasteiger partial charge < -0.3 is 14.5 Å². The molecule has 3 amide bonds. The maximum atomic E-state index is 13.1. The van der Waals surface area contributed by atoms with E-state index in [1.165, 1.54) is 12.1 Å². The summed E-state index contributed by atoms with van der Waals surface area (Å²) in [5.74, 6) is -1.34. The third-order valence-electron chi connectivity index (χ3n) is 8.46. The molecule has 3 heterocycles. The van der Waals surface area contributed by atoms with Crippen LogP contribution < -0.4 is 10.1 Å². The molecule has 0 aromatic heterocycles. The number of piperidine rings is 2. The molecule has 3 aliphatic heterocycles. The summed E-state index contributed by atoms with van der Waals surface area (Å²) < 4.78 is 41.6. The van der Waals surface area contributed by atoms with Crippen molar-refractivity contribution in [3.63, 3.8) is 0 Å². The lowest BCUT2D eigenvalue weighted by atomic mass is 9.74. The zero-order valence-electron chi connectivity index (χ0n) is 22.8. The number of nitrogens with one attached hydrogen (secondary N) is 1. The molecule has 42 heavy (non-hydrogen) atoms. The lowest BCUT2D eigenvalue weighted by Crippen LogP contribution is -2.52. The Morgan fingerprint density at radius 3 is 2.55 bits per heavy atom. The van der Waals surface area contributed by atoms with Crippen LogP contribution in [0.4, 0.5) is 13.2 Å². The van der Waals surface area contributed by atoms with Gasteiger partial charge in [0.05, 0.1) is 11.5 Å². The number of hydrogen-bond acceptors (Lipinski definition) is 6. The van der Waals surface area contributed by atoms with E-state index in [0.717, 1.165) is 43.0 Å². The second-order valence-corrected chi connectivity index (χ2v) is 11.4. The van der Waals surface area contributed by atoms with Crippen LogP contribution in [0.2, 0.25) is 5.02 Å². The third kappa shape index (κ3) is 6.25. The monoisotopic (exact) mass is 602 g/mol. The molecule has 0 spiro atoms. The fraction of sp³-hybridized carbons (Fsp3) is 0.467. The number of hydrogen-bond donors (Lipinski definition) is 1. The van der Waals surface area contributed by atoms with Gasteiger partial charge in [-0.25, -0.2) is 0 Å². The minimum atomic E-state index is -4.82. The summed E-state index contributed by atoms with van der Waals surface area (Å²) in [5.41, 5.74) is 2.26. The van der Waals surface area contributed by atoms with Crippen molar-refractivity contribution in [1.29, 1.82) is 5.26 Å². The first-order valence-electron chi connectivity index (χ1n) is 13.9. The van der Waals surface area contributed by atoms with Gasteiger partial charge in [-0.15, -0.1) is 13.2 Å². The van der Waals surface area contributed by atoms with Crippen LogP contribution in [0, 0.1) is 11.3 Å². The highest BCUT2D eigenvalue weighted by molar-refractivity contribution is 6.31. The van der Waals surface area contributed by atoms with E-state index in [1.54, 1.807) is 11.0 Å². The van der Waals surface area contributed by atoms with Crippen molar-refractivity contribution >= 4 is 29.3 Å². The number of carbonyl (C=O) groups excluding carboxylic acids is 3. The number of nitriles is 1. The average Bonchev–Trinajstić information content (AvgIpc) is 3.27. The number of ether oxygens (including phenoxy) is 1. The maximum Gasteiger partial charge on any atom is 0.573 e. The highest BCUT2D eigenvalue weighted by Crippen LogP contribution is 2.41. The number of likely N-dealkylation sites (tertiary alicyclic amines) is 1. The first kappa shape index (κ1) is 29.9. The van der Waals surface area contributed by atoms with E-state index in [9.17, 15) is 32.8 Å². The second kappa shape index (κ2) is 11.9. The number of alkyl halides is 3. The van der Waals surface area contributed by atoms with Gasteiger partial charge in [-0.05, 0) is 93.0 Å². The Kier molecular flexibility index (Phi) is 8.49. The van der Waals surface area contributed by atoms with Gasteiger partial charge in [-0.2, -0.15) is 5.26 Å². The van der Waals surface area contributed by atoms with E-state index in [1.807, 2.05) is 12.1 Å². The molecule has 0 bridgehead atoms. The van der Waals surface area contributed by atoms with Crippen LogP contribution in [0.25, 0.3) is 0 Å². The van der Waals surface area contributed by atoms with E-state index in [-0.39, 0.29) is 23.3 Å². The normalized spacial score (nSPS) is 20.7. The summed E-state index contributed by atoms with van der Waals surface area (Å²) in [6.45, 7) is 2.48. The summed E-state index contributed by atoms with van der Waals surface area (Å²) in [6, 6.07) is 11.1. The zero-order chi connectivity index (χ0) is 30.1. The molecule has 1 unspecified atom stereocenters. The fourth-order valence-electron chi connectivity index (χ4n) is 6.22. The number of unbranched alkanes of at least 4 members (excludes halogenated alkanes) is 1. The third-order valence-corrected chi connectivity index (χ3v) is 8.78. The van der Waals surface area contributed by atoms with Crippen molar-refractivity contribution in [2.24, 2.45) is 0 Å². The molecule has 1 atom stereocenters. The predicted octanol–water partition coefficient (Wildman–Crippen LogP) is 4.88. The van der Waals surface area contributed by atoms with Crippen LogP contribution in [0.1, 0.15) is 65.6 Å². The van der Waals surface area contributed by atoms with Crippen molar-refractivity contribution in [3.8, 4) is 11.8 Å². The molecule has 2 fully saturated rings. The smallest absolute Gasteiger partial charge is 0.406 e. The lowest BCUT2D eigenvalue weighted by molar-refractivity contribution is -0.274. The standard InChI is InChI=1S/C30H30ClF3N4O4/c31-24-16-20(42-30(32,33)34)7-8-23(24)29(18-35)11-14-37(15-12-29)13-2-1-4-19-5-3-6-21-22(19)17-38(28(21)41)25-9-10-26(39)36-27(25)40/h3,5-8,16,25H,1-2,4,9-15,17H2,(H,36,39,40). The average molecular weight is 603 g/mol. The highest BCUT2D eigenvalue weighted by atomic mass is 35.5. The van der Waals surface area contributed by atoms with E-state index in [0.29, 0.717) is 50.0 Å². The van der Waals surface area contributed by atoms with Crippen LogP contribution in [-0.4, -0.2) is 59.6 Å². The molecule has 0 aliphatic carbocycles. The van der Waals surface area contributed by atoms with Crippen molar-refractivity contribution in [2.45, 2.75) is 69.3 Å². The summed E-state index contributed by atoms with van der Waals surface area (Å²) in [4.78, 5) is 40.8. The molecule has 2 saturated heterocycles. The molecule has 5 rings (SSSR count). The molecule has 2 aromatic carbocycles. The Hall–Kier alpha value is -3.62. The van der Waals surface area contributed by atoms with Crippen LogP contribution in [-0.2, 0) is 28.0 Å². The van der Waals surface area contributed by atoms with Gasteiger partial charge >= 0.3 is 6.36 Å². The molecule has 12 heteroatoms. The van der Waals surface area contributed by atoms with Gasteiger partial charge in [0.1, 0.15) is 11.8 Å².